The lowest BCUT2D eigenvalue weighted by molar-refractivity contribution is -0.110. The lowest BCUT2D eigenvalue weighted by atomic mass is 10.3. The number of amidine groups is 1. The van der Waals surface area contributed by atoms with Crippen LogP contribution in [0, 0.1) is 0 Å². The molecule has 0 atom stereocenters. The zero-order chi connectivity index (χ0) is 10.5. The van der Waals surface area contributed by atoms with Gasteiger partial charge in [-0.3, -0.25) is 14.8 Å². The third-order valence-corrected chi connectivity index (χ3v) is 2.03. The van der Waals surface area contributed by atoms with E-state index in [1.165, 1.54) is 0 Å². The minimum atomic E-state index is -0.206. The summed E-state index contributed by atoms with van der Waals surface area (Å²) in [7, 11) is 0. The molecule has 0 aromatic carbocycles. The molecule has 1 aliphatic rings. The molecule has 0 unspecified atom stereocenters. The first-order valence-electron chi connectivity index (χ1n) is 4.86. The van der Waals surface area contributed by atoms with E-state index in [9.17, 15) is 4.79 Å². The molecule has 2 N–H and O–H groups in total. The monoisotopic (exact) mass is 204 g/mol. The molecule has 0 saturated heterocycles. The lowest BCUT2D eigenvalue weighted by Gasteiger charge is -2.13. The van der Waals surface area contributed by atoms with E-state index in [2.05, 4.69) is 20.6 Å². The van der Waals surface area contributed by atoms with E-state index in [1.807, 2.05) is 0 Å². The summed E-state index contributed by atoms with van der Waals surface area (Å²) in [6, 6.07) is 3.56. The molecule has 1 aliphatic heterocycles. The summed E-state index contributed by atoms with van der Waals surface area (Å²) < 4.78 is 0. The molecule has 1 aromatic heterocycles. The molecule has 2 rings (SSSR count). The fraction of sp³-hybridized carbons (Fsp3) is 0.300. The van der Waals surface area contributed by atoms with Crippen molar-refractivity contribution in [2.24, 2.45) is 4.99 Å². The molecule has 5 heteroatoms. The van der Waals surface area contributed by atoms with Gasteiger partial charge in [0.1, 0.15) is 0 Å². The van der Waals surface area contributed by atoms with Gasteiger partial charge < -0.3 is 10.6 Å². The topological polar surface area (TPSA) is 66.4 Å². The standard InChI is InChI=1S/C10H12N4O/c15-10(9-12-5-2-6-13-9)14-8-3-1-4-11-7-8/h1,3-4,7H,2,5-6H2,(H,12,13)(H,14,15). The van der Waals surface area contributed by atoms with E-state index in [0.717, 1.165) is 13.0 Å². The predicted octanol–water partition coefficient (Wildman–Crippen LogP) is 0.412. The number of aromatic nitrogens is 1. The van der Waals surface area contributed by atoms with E-state index in [-0.39, 0.29) is 5.91 Å². The Labute approximate surface area is 87.6 Å². The van der Waals surface area contributed by atoms with Crippen molar-refractivity contribution in [3.8, 4) is 0 Å². The van der Waals surface area contributed by atoms with Crippen molar-refractivity contribution in [3.05, 3.63) is 24.5 Å². The van der Waals surface area contributed by atoms with Crippen LogP contribution >= 0.6 is 0 Å². The first-order chi connectivity index (χ1) is 7.36. The van der Waals surface area contributed by atoms with Crippen molar-refractivity contribution >= 4 is 17.4 Å². The van der Waals surface area contributed by atoms with Crippen LogP contribution in [0.15, 0.2) is 29.5 Å². The van der Waals surface area contributed by atoms with Crippen LogP contribution in [-0.4, -0.2) is 29.8 Å². The van der Waals surface area contributed by atoms with Crippen LogP contribution in [-0.2, 0) is 4.79 Å². The lowest BCUT2D eigenvalue weighted by Crippen LogP contribution is -2.39. The highest BCUT2D eigenvalue weighted by atomic mass is 16.2. The number of carbonyl (C=O) groups is 1. The first kappa shape index (κ1) is 9.64. The van der Waals surface area contributed by atoms with Gasteiger partial charge >= 0.3 is 0 Å². The third-order valence-electron chi connectivity index (χ3n) is 2.03. The van der Waals surface area contributed by atoms with Gasteiger partial charge in [-0.25, -0.2) is 0 Å². The van der Waals surface area contributed by atoms with Crippen LogP contribution in [0.4, 0.5) is 5.69 Å². The highest BCUT2D eigenvalue weighted by Gasteiger charge is 2.13. The average Bonchev–Trinajstić information content (AvgIpc) is 2.31. The number of carbonyl (C=O) groups excluding carboxylic acids is 1. The van der Waals surface area contributed by atoms with Gasteiger partial charge in [-0.15, -0.1) is 0 Å². The molecule has 2 heterocycles. The Morgan fingerprint density at radius 2 is 2.47 bits per heavy atom. The second kappa shape index (κ2) is 4.54. The fourth-order valence-corrected chi connectivity index (χ4v) is 1.31. The van der Waals surface area contributed by atoms with Gasteiger partial charge in [0.15, 0.2) is 5.84 Å². The van der Waals surface area contributed by atoms with Gasteiger partial charge in [0.2, 0.25) is 0 Å². The van der Waals surface area contributed by atoms with Crippen LogP contribution < -0.4 is 10.6 Å². The number of anilines is 1. The van der Waals surface area contributed by atoms with Gasteiger partial charge in [-0.1, -0.05) is 0 Å². The maximum Gasteiger partial charge on any atom is 0.290 e. The Morgan fingerprint density at radius 3 is 3.13 bits per heavy atom. The molecular weight excluding hydrogens is 192 g/mol. The summed E-state index contributed by atoms with van der Waals surface area (Å²) >= 11 is 0. The first-order valence-corrected chi connectivity index (χ1v) is 4.86. The fourth-order valence-electron chi connectivity index (χ4n) is 1.31. The number of nitrogens with zero attached hydrogens (tertiary/aromatic N) is 2. The molecule has 15 heavy (non-hydrogen) atoms. The van der Waals surface area contributed by atoms with Crippen molar-refractivity contribution in [1.29, 1.82) is 0 Å². The molecule has 0 spiro atoms. The number of aliphatic imine (C=N–C) groups is 1. The second-order valence-corrected chi connectivity index (χ2v) is 3.21. The second-order valence-electron chi connectivity index (χ2n) is 3.21. The third kappa shape index (κ3) is 2.52. The van der Waals surface area contributed by atoms with E-state index in [1.54, 1.807) is 24.5 Å². The van der Waals surface area contributed by atoms with Crippen molar-refractivity contribution in [3.63, 3.8) is 0 Å². The smallest absolute Gasteiger partial charge is 0.290 e. The Balaban J connectivity index is 2.00. The Kier molecular flexibility index (Phi) is 2.92. The van der Waals surface area contributed by atoms with Crippen molar-refractivity contribution in [2.75, 3.05) is 18.4 Å². The predicted molar refractivity (Wildman–Crippen MR) is 57.8 cm³/mol. The van der Waals surface area contributed by atoms with Gasteiger partial charge in [-0.05, 0) is 18.6 Å². The van der Waals surface area contributed by atoms with Crippen LogP contribution in [0.1, 0.15) is 6.42 Å². The Morgan fingerprint density at radius 1 is 1.53 bits per heavy atom. The SMILES string of the molecule is O=C(Nc1cccnc1)C1=NCCCN1. The summed E-state index contributed by atoms with van der Waals surface area (Å²) in [5.41, 5.74) is 0.678. The summed E-state index contributed by atoms with van der Waals surface area (Å²) in [6.45, 7) is 1.52. The number of rotatable bonds is 2. The minimum absolute atomic E-state index is 0.206. The van der Waals surface area contributed by atoms with Crippen LogP contribution in [0.5, 0.6) is 0 Å². The average molecular weight is 204 g/mol. The normalized spacial score (nSPS) is 15.1. The Hall–Kier alpha value is -1.91. The number of hydrogen-bond acceptors (Lipinski definition) is 4. The molecule has 0 aliphatic carbocycles. The van der Waals surface area contributed by atoms with E-state index >= 15 is 0 Å². The number of pyridine rings is 1. The zero-order valence-electron chi connectivity index (χ0n) is 8.23. The van der Waals surface area contributed by atoms with Crippen LogP contribution in [0.25, 0.3) is 0 Å². The van der Waals surface area contributed by atoms with Crippen LogP contribution in [0.2, 0.25) is 0 Å². The van der Waals surface area contributed by atoms with Crippen molar-refractivity contribution in [2.45, 2.75) is 6.42 Å². The minimum Gasteiger partial charge on any atom is -0.366 e. The zero-order valence-corrected chi connectivity index (χ0v) is 8.23. The van der Waals surface area contributed by atoms with Crippen molar-refractivity contribution < 1.29 is 4.79 Å². The highest BCUT2D eigenvalue weighted by Crippen LogP contribution is 2.02. The summed E-state index contributed by atoms with van der Waals surface area (Å²) in [6.07, 6.45) is 4.23. The number of amides is 1. The molecule has 0 bridgehead atoms. The molecule has 5 nitrogen and oxygen atoms in total. The molecule has 0 saturated carbocycles. The molecule has 0 fully saturated rings. The largest absolute Gasteiger partial charge is 0.366 e. The molecular formula is C10H12N4O. The number of hydrogen-bond donors (Lipinski definition) is 2. The van der Waals surface area contributed by atoms with Gasteiger partial charge in [0.25, 0.3) is 5.91 Å². The molecule has 1 aromatic rings. The quantitative estimate of drug-likeness (QED) is 0.733. The summed E-state index contributed by atoms with van der Waals surface area (Å²) in [4.78, 5) is 19.6. The van der Waals surface area contributed by atoms with Gasteiger partial charge in [-0.2, -0.15) is 0 Å². The van der Waals surface area contributed by atoms with Crippen molar-refractivity contribution in [1.82, 2.24) is 10.3 Å². The summed E-state index contributed by atoms with van der Waals surface area (Å²) in [5, 5.41) is 5.67. The van der Waals surface area contributed by atoms with E-state index in [0.29, 0.717) is 18.1 Å². The van der Waals surface area contributed by atoms with Gasteiger partial charge in [0.05, 0.1) is 11.9 Å². The number of nitrogens with one attached hydrogen (secondary N) is 2. The molecule has 0 radical (unpaired) electrons. The molecule has 78 valence electrons. The highest BCUT2D eigenvalue weighted by molar-refractivity contribution is 6.42. The maximum atomic E-state index is 11.6. The summed E-state index contributed by atoms with van der Waals surface area (Å²) in [5.74, 6) is 0.202. The van der Waals surface area contributed by atoms with Gasteiger partial charge in [0, 0.05) is 19.3 Å². The Bertz CT molecular complexity index is 374. The van der Waals surface area contributed by atoms with E-state index < -0.39 is 0 Å². The molecule has 1 amide bonds. The van der Waals surface area contributed by atoms with Crippen LogP contribution in [0.3, 0.4) is 0 Å². The maximum absolute atomic E-state index is 11.6. The van der Waals surface area contributed by atoms with E-state index in [4.69, 9.17) is 0 Å².